The molecule has 0 amide bonds. The maximum Gasteiger partial charge on any atom is 0.307 e. The number of aliphatic carboxylic acids is 1. The summed E-state index contributed by atoms with van der Waals surface area (Å²) in [7, 11) is 0. The van der Waals surface area contributed by atoms with Crippen molar-refractivity contribution in [2.45, 2.75) is 13.3 Å². The van der Waals surface area contributed by atoms with Crippen molar-refractivity contribution in [1.82, 2.24) is 0 Å². The van der Waals surface area contributed by atoms with Gasteiger partial charge < -0.3 is 10.8 Å². The summed E-state index contributed by atoms with van der Waals surface area (Å²) in [5, 5.41) is 8.42. The molecule has 0 aromatic heterocycles. The molecule has 0 heterocycles. The van der Waals surface area contributed by atoms with E-state index in [1.807, 2.05) is 25.1 Å². The van der Waals surface area contributed by atoms with Gasteiger partial charge >= 0.3 is 5.97 Å². The number of carboxylic acids is 1. The van der Waals surface area contributed by atoms with Crippen molar-refractivity contribution < 1.29 is 9.90 Å². The van der Waals surface area contributed by atoms with Gasteiger partial charge in [0.25, 0.3) is 0 Å². The average Bonchev–Trinajstić information content (AvgIpc) is 2.10. The van der Waals surface area contributed by atoms with Crippen molar-refractivity contribution in [2.24, 2.45) is 0 Å². The second kappa shape index (κ2) is 4.46. The predicted octanol–water partition coefficient (Wildman–Crippen LogP) is 2.07. The molecule has 3 nitrogen and oxygen atoms in total. The molecule has 0 aliphatic carbocycles. The SMILES string of the molecule is Cc1cc(C=CCC(=O)O)ccc1N. The van der Waals surface area contributed by atoms with Gasteiger partial charge in [-0.25, -0.2) is 0 Å². The van der Waals surface area contributed by atoms with Crippen molar-refractivity contribution in [1.29, 1.82) is 0 Å². The van der Waals surface area contributed by atoms with E-state index in [4.69, 9.17) is 10.8 Å². The third-order valence-corrected chi connectivity index (χ3v) is 1.90. The average molecular weight is 191 g/mol. The van der Waals surface area contributed by atoms with Gasteiger partial charge in [0.15, 0.2) is 0 Å². The highest BCUT2D eigenvalue weighted by Crippen LogP contribution is 2.13. The van der Waals surface area contributed by atoms with Crippen LogP contribution >= 0.6 is 0 Å². The molecule has 1 aromatic carbocycles. The normalized spacial score (nSPS) is 10.6. The van der Waals surface area contributed by atoms with E-state index >= 15 is 0 Å². The van der Waals surface area contributed by atoms with Gasteiger partial charge in [-0.15, -0.1) is 0 Å². The summed E-state index contributed by atoms with van der Waals surface area (Å²) in [4.78, 5) is 10.2. The molecule has 0 saturated carbocycles. The smallest absolute Gasteiger partial charge is 0.307 e. The van der Waals surface area contributed by atoms with E-state index in [0.717, 1.165) is 16.8 Å². The second-order valence-electron chi connectivity index (χ2n) is 3.12. The lowest BCUT2D eigenvalue weighted by Crippen LogP contribution is -1.90. The first-order valence-corrected chi connectivity index (χ1v) is 4.34. The number of benzene rings is 1. The Kier molecular flexibility index (Phi) is 3.29. The Hall–Kier alpha value is -1.77. The van der Waals surface area contributed by atoms with E-state index in [2.05, 4.69) is 0 Å². The molecule has 3 heteroatoms. The van der Waals surface area contributed by atoms with Gasteiger partial charge in [0.05, 0.1) is 6.42 Å². The minimum atomic E-state index is -0.826. The molecule has 0 aliphatic heterocycles. The number of nitrogens with two attached hydrogens (primary N) is 1. The van der Waals surface area contributed by atoms with Crippen LogP contribution in [0.25, 0.3) is 6.08 Å². The first-order chi connectivity index (χ1) is 6.59. The zero-order valence-electron chi connectivity index (χ0n) is 8.03. The molecule has 74 valence electrons. The molecule has 0 unspecified atom stereocenters. The summed E-state index contributed by atoms with van der Waals surface area (Å²) < 4.78 is 0. The largest absolute Gasteiger partial charge is 0.481 e. The first-order valence-electron chi connectivity index (χ1n) is 4.34. The summed E-state index contributed by atoms with van der Waals surface area (Å²) in [6, 6.07) is 5.60. The first kappa shape index (κ1) is 10.3. The number of rotatable bonds is 3. The molecule has 0 saturated heterocycles. The molecule has 0 fully saturated rings. The Morgan fingerprint density at radius 3 is 2.86 bits per heavy atom. The van der Waals surface area contributed by atoms with Crippen LogP contribution in [0, 0.1) is 6.92 Å². The standard InChI is InChI=1S/C11H13NO2/c1-8-7-9(5-6-10(8)12)3-2-4-11(13)14/h2-3,5-7H,4,12H2,1H3,(H,13,14). The minimum Gasteiger partial charge on any atom is -0.481 e. The van der Waals surface area contributed by atoms with Gasteiger partial charge in [0.2, 0.25) is 0 Å². The molecule has 3 N–H and O–H groups in total. The Balaban J connectivity index is 2.73. The van der Waals surface area contributed by atoms with Gasteiger partial charge in [-0.3, -0.25) is 4.79 Å². The van der Waals surface area contributed by atoms with Crippen LogP contribution in [0.4, 0.5) is 5.69 Å². The number of aryl methyl sites for hydroxylation is 1. The summed E-state index contributed by atoms with van der Waals surface area (Å²) in [6.45, 7) is 1.92. The van der Waals surface area contributed by atoms with Gasteiger partial charge in [-0.1, -0.05) is 24.3 Å². The summed E-state index contributed by atoms with van der Waals surface area (Å²) in [5.41, 5.74) is 8.37. The number of carbonyl (C=O) groups is 1. The van der Waals surface area contributed by atoms with E-state index in [0.29, 0.717) is 0 Å². The number of hydrogen-bond acceptors (Lipinski definition) is 2. The fourth-order valence-corrected chi connectivity index (χ4v) is 1.10. The summed E-state index contributed by atoms with van der Waals surface area (Å²) in [6.07, 6.45) is 3.44. The maximum absolute atomic E-state index is 10.2. The van der Waals surface area contributed by atoms with Crippen LogP contribution in [0.1, 0.15) is 17.5 Å². The molecule has 1 aromatic rings. The van der Waals surface area contributed by atoms with E-state index in [1.54, 1.807) is 12.2 Å². The third-order valence-electron chi connectivity index (χ3n) is 1.90. The van der Waals surface area contributed by atoms with Gasteiger partial charge in [0.1, 0.15) is 0 Å². The van der Waals surface area contributed by atoms with Crippen LogP contribution in [0.5, 0.6) is 0 Å². The van der Waals surface area contributed by atoms with Crippen molar-refractivity contribution >= 4 is 17.7 Å². The predicted molar refractivity (Wildman–Crippen MR) is 56.9 cm³/mol. The minimum absolute atomic E-state index is 0.0451. The molecule has 0 radical (unpaired) electrons. The fourth-order valence-electron chi connectivity index (χ4n) is 1.10. The van der Waals surface area contributed by atoms with Crippen LogP contribution in [0.3, 0.4) is 0 Å². The van der Waals surface area contributed by atoms with Crippen LogP contribution in [0.2, 0.25) is 0 Å². The Morgan fingerprint density at radius 2 is 2.29 bits per heavy atom. The van der Waals surface area contributed by atoms with E-state index in [1.165, 1.54) is 0 Å². The third kappa shape index (κ3) is 2.94. The van der Waals surface area contributed by atoms with Gasteiger partial charge in [-0.05, 0) is 24.1 Å². The highest BCUT2D eigenvalue weighted by atomic mass is 16.4. The second-order valence-corrected chi connectivity index (χ2v) is 3.12. The number of carboxylic acid groups (broad SMARTS) is 1. The van der Waals surface area contributed by atoms with Crippen molar-refractivity contribution in [3.8, 4) is 0 Å². The number of nitrogen functional groups attached to an aromatic ring is 1. The Morgan fingerprint density at radius 1 is 1.57 bits per heavy atom. The lowest BCUT2D eigenvalue weighted by Gasteiger charge is -2.00. The molecule has 0 atom stereocenters. The molecule has 14 heavy (non-hydrogen) atoms. The van der Waals surface area contributed by atoms with Gasteiger partial charge in [0, 0.05) is 5.69 Å². The fraction of sp³-hybridized carbons (Fsp3) is 0.182. The van der Waals surface area contributed by atoms with E-state index < -0.39 is 5.97 Å². The van der Waals surface area contributed by atoms with Crippen molar-refractivity contribution in [2.75, 3.05) is 5.73 Å². The highest BCUT2D eigenvalue weighted by Gasteiger charge is 1.94. The van der Waals surface area contributed by atoms with Crippen LogP contribution < -0.4 is 5.73 Å². The van der Waals surface area contributed by atoms with Crippen molar-refractivity contribution in [3.63, 3.8) is 0 Å². The molecular weight excluding hydrogens is 178 g/mol. The van der Waals surface area contributed by atoms with Crippen LogP contribution in [-0.4, -0.2) is 11.1 Å². The Bertz CT molecular complexity index is 370. The highest BCUT2D eigenvalue weighted by molar-refractivity contribution is 5.70. The number of hydrogen-bond donors (Lipinski definition) is 2. The summed E-state index contributed by atoms with van der Waals surface area (Å²) >= 11 is 0. The molecule has 1 rings (SSSR count). The zero-order chi connectivity index (χ0) is 10.6. The van der Waals surface area contributed by atoms with Crippen LogP contribution in [-0.2, 0) is 4.79 Å². The monoisotopic (exact) mass is 191 g/mol. The molecule has 0 aliphatic rings. The summed E-state index contributed by atoms with van der Waals surface area (Å²) in [5.74, 6) is -0.826. The quantitative estimate of drug-likeness (QED) is 0.719. The number of anilines is 1. The van der Waals surface area contributed by atoms with Crippen LogP contribution in [0.15, 0.2) is 24.3 Å². The lowest BCUT2D eigenvalue weighted by molar-refractivity contribution is -0.135. The van der Waals surface area contributed by atoms with Gasteiger partial charge in [-0.2, -0.15) is 0 Å². The molecule has 0 bridgehead atoms. The maximum atomic E-state index is 10.2. The Labute approximate surface area is 82.9 Å². The molecule has 0 spiro atoms. The van der Waals surface area contributed by atoms with E-state index in [9.17, 15) is 4.79 Å². The van der Waals surface area contributed by atoms with E-state index in [-0.39, 0.29) is 6.42 Å². The lowest BCUT2D eigenvalue weighted by atomic mass is 10.1. The van der Waals surface area contributed by atoms with Crippen molar-refractivity contribution in [3.05, 3.63) is 35.4 Å². The topological polar surface area (TPSA) is 63.3 Å². The zero-order valence-corrected chi connectivity index (χ0v) is 8.03. The molecular formula is C11H13NO2.